The number of nitrogens with two attached hydrogens (primary N) is 2. The maximum atomic E-state index is 11.8. The second kappa shape index (κ2) is 10.1. The zero-order valence-electron chi connectivity index (χ0n) is 13.7. The van der Waals surface area contributed by atoms with E-state index in [4.69, 9.17) is 11.5 Å². The Bertz CT molecular complexity index is 548. The average molecular weight is 310 g/mol. The second-order valence-electron chi connectivity index (χ2n) is 5.90. The summed E-state index contributed by atoms with van der Waals surface area (Å²) in [7, 11) is 0. The average Bonchev–Trinajstić information content (AvgIpc) is 2.50. The van der Waals surface area contributed by atoms with Crippen LogP contribution in [-0.4, -0.2) is 9.55 Å². The van der Waals surface area contributed by atoms with Crippen LogP contribution in [0, 0.1) is 0 Å². The predicted molar refractivity (Wildman–Crippen MR) is 92.0 cm³/mol. The standard InChI is InChI=1S/C16H30N4O2/c1-2-3-4-5-6-7-8-9-10-11-12-20-15(21)13(17)14(18)19-16(20)22/h2-12,17-18H2,1H3,(H,19,22). The molecular weight excluding hydrogens is 280 g/mol. The Balaban J connectivity index is 2.19. The summed E-state index contributed by atoms with van der Waals surface area (Å²) in [6.07, 6.45) is 12.1. The van der Waals surface area contributed by atoms with E-state index in [1.165, 1.54) is 44.9 Å². The molecule has 6 nitrogen and oxygen atoms in total. The van der Waals surface area contributed by atoms with Crippen LogP contribution in [0.15, 0.2) is 9.59 Å². The lowest BCUT2D eigenvalue weighted by molar-refractivity contribution is 0.522. The summed E-state index contributed by atoms with van der Waals surface area (Å²) < 4.78 is 1.14. The Kier molecular flexibility index (Phi) is 8.40. The van der Waals surface area contributed by atoms with Crippen LogP contribution in [0.5, 0.6) is 0 Å². The van der Waals surface area contributed by atoms with E-state index < -0.39 is 11.2 Å². The molecule has 0 bridgehead atoms. The van der Waals surface area contributed by atoms with Gasteiger partial charge in [0.15, 0.2) is 0 Å². The zero-order valence-corrected chi connectivity index (χ0v) is 13.7. The Morgan fingerprint density at radius 2 is 1.36 bits per heavy atom. The highest BCUT2D eigenvalue weighted by Gasteiger charge is 2.08. The van der Waals surface area contributed by atoms with Gasteiger partial charge in [-0.25, -0.2) is 4.79 Å². The number of nitrogens with one attached hydrogen (secondary N) is 1. The molecule has 0 fully saturated rings. The normalized spacial score (nSPS) is 11.0. The van der Waals surface area contributed by atoms with Crippen molar-refractivity contribution in [3.05, 3.63) is 20.8 Å². The smallest absolute Gasteiger partial charge is 0.330 e. The van der Waals surface area contributed by atoms with Gasteiger partial charge < -0.3 is 11.5 Å². The van der Waals surface area contributed by atoms with Crippen molar-refractivity contribution >= 4 is 11.5 Å². The van der Waals surface area contributed by atoms with Gasteiger partial charge in [-0.2, -0.15) is 0 Å². The van der Waals surface area contributed by atoms with Crippen molar-refractivity contribution in [3.8, 4) is 0 Å². The lowest BCUT2D eigenvalue weighted by Crippen LogP contribution is -2.37. The van der Waals surface area contributed by atoms with E-state index in [0.29, 0.717) is 6.54 Å². The lowest BCUT2D eigenvalue weighted by Gasteiger charge is -2.07. The third-order valence-corrected chi connectivity index (χ3v) is 3.99. The number of anilines is 2. The number of unbranched alkanes of at least 4 members (excludes halogenated alkanes) is 9. The molecule has 0 aliphatic rings. The van der Waals surface area contributed by atoms with Crippen LogP contribution in [0.3, 0.4) is 0 Å². The van der Waals surface area contributed by atoms with Gasteiger partial charge in [-0.05, 0) is 6.42 Å². The molecule has 5 N–H and O–H groups in total. The molecule has 22 heavy (non-hydrogen) atoms. The molecule has 0 atom stereocenters. The molecule has 126 valence electrons. The second-order valence-corrected chi connectivity index (χ2v) is 5.90. The summed E-state index contributed by atoms with van der Waals surface area (Å²) in [6, 6.07) is 0. The first-order valence-electron chi connectivity index (χ1n) is 8.46. The van der Waals surface area contributed by atoms with E-state index in [2.05, 4.69) is 11.9 Å². The topological polar surface area (TPSA) is 107 Å². The number of nitrogen functional groups attached to an aromatic ring is 2. The Morgan fingerprint density at radius 1 is 0.864 bits per heavy atom. The molecule has 0 unspecified atom stereocenters. The van der Waals surface area contributed by atoms with Crippen LogP contribution >= 0.6 is 0 Å². The molecule has 1 rings (SSSR count). The molecule has 0 aliphatic heterocycles. The van der Waals surface area contributed by atoms with E-state index in [0.717, 1.165) is 23.8 Å². The number of rotatable bonds is 11. The minimum Gasteiger partial charge on any atom is -0.391 e. The number of hydrogen-bond donors (Lipinski definition) is 3. The van der Waals surface area contributed by atoms with Crippen LogP contribution in [-0.2, 0) is 6.54 Å². The molecule has 6 heteroatoms. The zero-order chi connectivity index (χ0) is 16.4. The summed E-state index contributed by atoms with van der Waals surface area (Å²) in [4.78, 5) is 25.9. The van der Waals surface area contributed by atoms with Crippen molar-refractivity contribution in [1.29, 1.82) is 0 Å². The van der Waals surface area contributed by atoms with E-state index in [1.807, 2.05) is 0 Å². The number of aromatic amines is 1. The summed E-state index contributed by atoms with van der Waals surface area (Å²) in [5.74, 6) is -0.0469. The van der Waals surface area contributed by atoms with Crippen molar-refractivity contribution in [2.45, 2.75) is 77.7 Å². The number of nitrogens with zero attached hydrogens (tertiary/aromatic N) is 1. The van der Waals surface area contributed by atoms with Crippen molar-refractivity contribution in [2.75, 3.05) is 11.5 Å². The summed E-state index contributed by atoms with van der Waals surface area (Å²) in [6.45, 7) is 2.63. The van der Waals surface area contributed by atoms with Crippen LogP contribution < -0.4 is 22.7 Å². The fourth-order valence-electron chi connectivity index (χ4n) is 2.56. The first-order valence-corrected chi connectivity index (χ1v) is 8.46. The van der Waals surface area contributed by atoms with E-state index in [9.17, 15) is 9.59 Å². The molecule has 0 saturated heterocycles. The highest BCUT2D eigenvalue weighted by atomic mass is 16.2. The molecule has 1 aromatic rings. The van der Waals surface area contributed by atoms with Crippen molar-refractivity contribution in [1.82, 2.24) is 9.55 Å². The van der Waals surface area contributed by atoms with Gasteiger partial charge >= 0.3 is 5.69 Å². The van der Waals surface area contributed by atoms with Gasteiger partial charge in [-0.1, -0.05) is 64.7 Å². The molecule has 0 aromatic carbocycles. The van der Waals surface area contributed by atoms with Crippen molar-refractivity contribution < 1.29 is 0 Å². The van der Waals surface area contributed by atoms with Crippen LogP contribution in [0.25, 0.3) is 0 Å². The van der Waals surface area contributed by atoms with Crippen LogP contribution in [0.4, 0.5) is 11.5 Å². The SMILES string of the molecule is CCCCCCCCCCCCn1c(=O)[nH]c(N)c(N)c1=O. The molecule has 0 amide bonds. The minimum atomic E-state index is -0.489. The third-order valence-electron chi connectivity index (χ3n) is 3.99. The maximum absolute atomic E-state index is 11.8. The fourth-order valence-corrected chi connectivity index (χ4v) is 2.56. The lowest BCUT2D eigenvalue weighted by atomic mass is 10.1. The molecule has 0 aliphatic carbocycles. The monoisotopic (exact) mass is 310 g/mol. The first-order chi connectivity index (χ1) is 10.6. The van der Waals surface area contributed by atoms with Gasteiger partial charge in [0.05, 0.1) is 0 Å². The first kappa shape index (κ1) is 18.3. The van der Waals surface area contributed by atoms with Gasteiger partial charge in [-0.3, -0.25) is 14.3 Å². The van der Waals surface area contributed by atoms with Crippen molar-refractivity contribution in [2.24, 2.45) is 0 Å². The molecule has 0 spiro atoms. The van der Waals surface area contributed by atoms with Gasteiger partial charge in [0.25, 0.3) is 5.56 Å². The van der Waals surface area contributed by atoms with Crippen LogP contribution in [0.1, 0.15) is 71.1 Å². The Hall–Kier alpha value is -1.72. The van der Waals surface area contributed by atoms with Crippen LogP contribution in [0.2, 0.25) is 0 Å². The largest absolute Gasteiger partial charge is 0.391 e. The summed E-state index contributed by atoms with van der Waals surface area (Å²) in [5, 5.41) is 0. The highest BCUT2D eigenvalue weighted by molar-refractivity contribution is 5.55. The molecular formula is C16H30N4O2. The number of hydrogen-bond acceptors (Lipinski definition) is 4. The molecule has 1 aromatic heterocycles. The molecule has 0 radical (unpaired) electrons. The molecule has 1 heterocycles. The highest BCUT2D eigenvalue weighted by Crippen LogP contribution is 2.10. The number of aromatic nitrogens is 2. The Labute approximate surface area is 131 Å². The van der Waals surface area contributed by atoms with Gasteiger partial charge in [0, 0.05) is 6.54 Å². The summed E-state index contributed by atoms with van der Waals surface area (Å²) in [5.41, 5.74) is 9.95. The van der Waals surface area contributed by atoms with E-state index >= 15 is 0 Å². The van der Waals surface area contributed by atoms with Gasteiger partial charge in [0.2, 0.25) is 0 Å². The maximum Gasteiger partial charge on any atom is 0.330 e. The third kappa shape index (κ3) is 5.95. The quantitative estimate of drug-likeness (QED) is 0.546. The van der Waals surface area contributed by atoms with E-state index in [1.54, 1.807) is 0 Å². The van der Waals surface area contributed by atoms with Gasteiger partial charge in [-0.15, -0.1) is 0 Å². The van der Waals surface area contributed by atoms with E-state index in [-0.39, 0.29) is 11.5 Å². The Morgan fingerprint density at radius 3 is 1.91 bits per heavy atom. The molecule has 0 saturated carbocycles. The van der Waals surface area contributed by atoms with Gasteiger partial charge in [0.1, 0.15) is 11.5 Å². The fraction of sp³-hybridized carbons (Fsp3) is 0.750. The predicted octanol–water partition coefficient (Wildman–Crippen LogP) is 2.62. The summed E-state index contributed by atoms with van der Waals surface area (Å²) >= 11 is 0. The van der Waals surface area contributed by atoms with Crippen molar-refractivity contribution in [3.63, 3.8) is 0 Å². The minimum absolute atomic E-state index is 0.0469. The number of H-pyrrole nitrogens is 1.